The van der Waals surface area contributed by atoms with Crippen LogP contribution in [0, 0.1) is 0 Å². The third-order valence-corrected chi connectivity index (χ3v) is 4.45. The van der Waals surface area contributed by atoms with Crippen LogP contribution in [0.2, 0.25) is 0 Å². The Labute approximate surface area is 169 Å². The van der Waals surface area contributed by atoms with Crippen LogP contribution in [-0.2, 0) is 11.3 Å². The van der Waals surface area contributed by atoms with Crippen LogP contribution in [0.5, 0.6) is 23.0 Å². The molecule has 2 N–H and O–H groups in total. The third-order valence-electron chi connectivity index (χ3n) is 4.45. The molecule has 0 fully saturated rings. The van der Waals surface area contributed by atoms with Crippen LogP contribution in [0.15, 0.2) is 72.8 Å². The molecule has 3 aromatic carbocycles. The normalized spacial score (nSPS) is 11.7. The zero-order valence-electron chi connectivity index (χ0n) is 15.9. The summed E-state index contributed by atoms with van der Waals surface area (Å²) in [6.45, 7) is 1.19. The van der Waals surface area contributed by atoms with E-state index in [1.807, 2.05) is 72.8 Å². The van der Waals surface area contributed by atoms with E-state index in [1.54, 1.807) is 0 Å². The second-order valence-electron chi connectivity index (χ2n) is 6.55. The van der Waals surface area contributed by atoms with Gasteiger partial charge in [-0.25, -0.2) is 0 Å². The lowest BCUT2D eigenvalue weighted by Gasteiger charge is -2.13. The van der Waals surface area contributed by atoms with E-state index in [-0.39, 0.29) is 12.7 Å². The van der Waals surface area contributed by atoms with Crippen molar-refractivity contribution in [3.8, 4) is 23.0 Å². The molecule has 0 aromatic heterocycles. The number of benzene rings is 3. The van der Waals surface area contributed by atoms with E-state index in [0.717, 1.165) is 28.5 Å². The summed E-state index contributed by atoms with van der Waals surface area (Å²) in [5.41, 5.74) is 1.82. The van der Waals surface area contributed by atoms with Gasteiger partial charge >= 0.3 is 0 Å². The molecule has 4 rings (SSSR count). The van der Waals surface area contributed by atoms with E-state index in [0.29, 0.717) is 25.3 Å². The van der Waals surface area contributed by atoms with Gasteiger partial charge in [0.25, 0.3) is 0 Å². The van der Waals surface area contributed by atoms with Gasteiger partial charge in [0.1, 0.15) is 5.75 Å². The van der Waals surface area contributed by atoms with Crippen molar-refractivity contribution < 1.29 is 19.0 Å². The maximum absolute atomic E-state index is 12.2. The maximum atomic E-state index is 12.2. The predicted octanol–water partition coefficient (Wildman–Crippen LogP) is 4.33. The van der Waals surface area contributed by atoms with Crippen LogP contribution in [0.1, 0.15) is 12.0 Å². The quantitative estimate of drug-likeness (QED) is 0.599. The maximum Gasteiger partial charge on any atom is 0.231 e. The SMILES string of the molecule is O=C(CCNc1ccccc1Oc1ccccc1)NCc1ccc2c(c1)OCO2. The topological polar surface area (TPSA) is 68.8 Å². The second kappa shape index (κ2) is 9.01. The number of para-hydroxylation sites is 3. The van der Waals surface area contributed by atoms with Crippen molar-refractivity contribution >= 4 is 11.6 Å². The van der Waals surface area contributed by atoms with Gasteiger partial charge in [0, 0.05) is 19.5 Å². The summed E-state index contributed by atoms with van der Waals surface area (Å²) >= 11 is 0. The fraction of sp³-hybridized carbons (Fsp3) is 0.174. The molecule has 0 saturated carbocycles. The molecular formula is C23H22N2O4. The molecule has 1 aliphatic rings. The van der Waals surface area contributed by atoms with Gasteiger partial charge in [-0.2, -0.15) is 0 Å². The molecule has 1 heterocycles. The number of ether oxygens (including phenoxy) is 3. The Morgan fingerprint density at radius 1 is 0.931 bits per heavy atom. The van der Waals surface area contributed by atoms with Crippen LogP contribution in [0.3, 0.4) is 0 Å². The van der Waals surface area contributed by atoms with Gasteiger partial charge < -0.3 is 24.8 Å². The van der Waals surface area contributed by atoms with E-state index >= 15 is 0 Å². The molecule has 1 aliphatic heterocycles. The van der Waals surface area contributed by atoms with Crippen molar-refractivity contribution in [1.29, 1.82) is 0 Å². The molecule has 1 amide bonds. The van der Waals surface area contributed by atoms with Gasteiger partial charge in [-0.3, -0.25) is 4.79 Å². The molecule has 148 valence electrons. The Morgan fingerprint density at radius 2 is 1.72 bits per heavy atom. The molecule has 0 atom stereocenters. The highest BCUT2D eigenvalue weighted by molar-refractivity contribution is 5.76. The minimum Gasteiger partial charge on any atom is -0.455 e. The predicted molar refractivity (Wildman–Crippen MR) is 110 cm³/mol. The van der Waals surface area contributed by atoms with E-state index in [4.69, 9.17) is 14.2 Å². The number of rotatable bonds is 8. The zero-order valence-corrected chi connectivity index (χ0v) is 15.9. The number of hydrogen-bond donors (Lipinski definition) is 2. The van der Waals surface area contributed by atoms with Gasteiger partial charge in [0.15, 0.2) is 17.2 Å². The summed E-state index contributed by atoms with van der Waals surface area (Å²) in [4.78, 5) is 12.2. The smallest absolute Gasteiger partial charge is 0.231 e. The molecule has 3 aromatic rings. The summed E-state index contributed by atoms with van der Waals surface area (Å²) in [6.07, 6.45) is 0.351. The van der Waals surface area contributed by atoms with Crippen LogP contribution < -0.4 is 24.8 Å². The largest absolute Gasteiger partial charge is 0.455 e. The Balaban J connectivity index is 1.25. The first-order valence-electron chi connectivity index (χ1n) is 9.49. The third kappa shape index (κ3) is 4.99. The Hall–Kier alpha value is -3.67. The highest BCUT2D eigenvalue weighted by Gasteiger charge is 2.13. The van der Waals surface area contributed by atoms with Crippen molar-refractivity contribution in [2.45, 2.75) is 13.0 Å². The number of carbonyl (C=O) groups excluding carboxylic acids is 1. The summed E-state index contributed by atoms with van der Waals surface area (Å²) in [5, 5.41) is 6.20. The fourth-order valence-electron chi connectivity index (χ4n) is 2.97. The molecule has 6 nitrogen and oxygen atoms in total. The molecular weight excluding hydrogens is 368 g/mol. The first-order chi connectivity index (χ1) is 14.3. The highest BCUT2D eigenvalue weighted by atomic mass is 16.7. The lowest BCUT2D eigenvalue weighted by Crippen LogP contribution is -2.24. The standard InChI is InChI=1S/C23H22N2O4/c26-23(25-15-17-10-11-21-22(14-17)28-16-27-21)12-13-24-19-8-4-5-9-20(19)29-18-6-2-1-3-7-18/h1-11,14,24H,12-13,15-16H2,(H,25,26). The molecule has 6 heteroatoms. The summed E-state index contributed by atoms with van der Waals surface area (Å²) in [7, 11) is 0. The zero-order chi connectivity index (χ0) is 19.9. The molecule has 29 heavy (non-hydrogen) atoms. The van der Waals surface area contributed by atoms with Gasteiger partial charge in [-0.1, -0.05) is 36.4 Å². The summed E-state index contributed by atoms with van der Waals surface area (Å²) in [5.74, 6) is 2.91. The number of fused-ring (bicyclic) bond motifs is 1. The average Bonchev–Trinajstić information content (AvgIpc) is 3.22. The van der Waals surface area contributed by atoms with E-state index in [1.165, 1.54) is 0 Å². The van der Waals surface area contributed by atoms with Crippen LogP contribution >= 0.6 is 0 Å². The molecule has 0 bridgehead atoms. The molecule has 0 radical (unpaired) electrons. The van der Waals surface area contributed by atoms with E-state index < -0.39 is 0 Å². The number of anilines is 1. The average molecular weight is 390 g/mol. The van der Waals surface area contributed by atoms with Crippen LogP contribution in [0.4, 0.5) is 5.69 Å². The highest BCUT2D eigenvalue weighted by Crippen LogP contribution is 2.32. The Kier molecular flexibility index (Phi) is 5.81. The van der Waals surface area contributed by atoms with Gasteiger partial charge in [0.05, 0.1) is 5.69 Å². The first-order valence-corrected chi connectivity index (χ1v) is 9.49. The van der Waals surface area contributed by atoms with E-state index in [9.17, 15) is 4.79 Å². The number of carbonyl (C=O) groups is 1. The van der Waals surface area contributed by atoms with Crippen molar-refractivity contribution in [1.82, 2.24) is 5.32 Å². The Morgan fingerprint density at radius 3 is 2.62 bits per heavy atom. The van der Waals surface area contributed by atoms with Crippen molar-refractivity contribution in [2.24, 2.45) is 0 Å². The van der Waals surface area contributed by atoms with Gasteiger partial charge in [-0.15, -0.1) is 0 Å². The van der Waals surface area contributed by atoms with Crippen LogP contribution in [-0.4, -0.2) is 19.2 Å². The van der Waals surface area contributed by atoms with Gasteiger partial charge in [0.2, 0.25) is 12.7 Å². The van der Waals surface area contributed by atoms with Crippen molar-refractivity contribution in [2.75, 3.05) is 18.7 Å². The minimum atomic E-state index is -0.0309. The lowest BCUT2D eigenvalue weighted by molar-refractivity contribution is -0.121. The lowest BCUT2D eigenvalue weighted by atomic mass is 10.2. The van der Waals surface area contributed by atoms with Crippen molar-refractivity contribution in [3.63, 3.8) is 0 Å². The monoisotopic (exact) mass is 390 g/mol. The van der Waals surface area contributed by atoms with E-state index in [2.05, 4.69) is 10.6 Å². The fourth-order valence-corrected chi connectivity index (χ4v) is 2.97. The van der Waals surface area contributed by atoms with Crippen molar-refractivity contribution in [3.05, 3.63) is 78.4 Å². The molecule has 0 saturated heterocycles. The molecule has 0 spiro atoms. The number of nitrogens with one attached hydrogen (secondary N) is 2. The molecule has 0 unspecified atom stereocenters. The molecule has 0 aliphatic carbocycles. The van der Waals surface area contributed by atoms with Gasteiger partial charge in [-0.05, 0) is 42.0 Å². The summed E-state index contributed by atoms with van der Waals surface area (Å²) < 4.78 is 16.6. The summed E-state index contributed by atoms with van der Waals surface area (Å²) in [6, 6.07) is 22.9. The number of amides is 1. The first kappa shape index (κ1) is 18.7. The number of hydrogen-bond acceptors (Lipinski definition) is 5. The second-order valence-corrected chi connectivity index (χ2v) is 6.55. The van der Waals surface area contributed by atoms with Crippen LogP contribution in [0.25, 0.3) is 0 Å². The minimum absolute atomic E-state index is 0.0309. The Bertz CT molecular complexity index is 976.